The van der Waals surface area contributed by atoms with Gasteiger partial charge in [0, 0.05) is 37.9 Å². The summed E-state index contributed by atoms with van der Waals surface area (Å²) in [6.07, 6.45) is 2.47. The lowest BCUT2D eigenvalue weighted by molar-refractivity contribution is 0.0937. The maximum atomic E-state index is 12.4. The summed E-state index contributed by atoms with van der Waals surface area (Å²) < 4.78 is 10.9. The zero-order valence-corrected chi connectivity index (χ0v) is 18.2. The standard InChI is InChI=1S/C24H25N5O4/c1-32-7-6-25-23(30)15-3-5-21-16(8-15)9-17(13-33-21)22-28-20-4-2-14(18-11-26-27-12-18)10-19(20)24(31)29-22/h2-5,8,10-11,17-18,27H,6-7,9,12-13H2,1H3,(H,25,30)(H,28,29,31). The topological polar surface area (TPSA) is 118 Å². The average molecular weight is 447 g/mol. The maximum Gasteiger partial charge on any atom is 0.251 e. The minimum absolute atomic E-state index is 0.0446. The zero-order chi connectivity index (χ0) is 22.8. The number of rotatable bonds is 6. The fourth-order valence-electron chi connectivity index (χ4n) is 4.18. The van der Waals surface area contributed by atoms with Crippen LogP contribution in [0, 0.1) is 0 Å². The van der Waals surface area contributed by atoms with Gasteiger partial charge in [0.2, 0.25) is 5.88 Å². The lowest BCUT2D eigenvalue weighted by Crippen LogP contribution is -2.27. The zero-order valence-electron chi connectivity index (χ0n) is 18.2. The van der Waals surface area contributed by atoms with Gasteiger partial charge in [-0.15, -0.1) is 0 Å². The number of methoxy groups -OCH3 is 1. The Balaban J connectivity index is 1.37. The van der Waals surface area contributed by atoms with Crippen molar-refractivity contribution < 1.29 is 19.4 Å². The van der Waals surface area contributed by atoms with E-state index in [0.29, 0.717) is 48.5 Å². The predicted octanol–water partition coefficient (Wildman–Crippen LogP) is 2.10. The molecule has 0 saturated heterocycles. The third-order valence-electron chi connectivity index (χ3n) is 5.99. The van der Waals surface area contributed by atoms with Crippen molar-refractivity contribution in [2.75, 3.05) is 33.4 Å². The van der Waals surface area contributed by atoms with Crippen molar-refractivity contribution in [1.82, 2.24) is 20.7 Å². The van der Waals surface area contributed by atoms with Crippen molar-refractivity contribution in [3.8, 4) is 11.6 Å². The molecule has 0 aliphatic carbocycles. The fourth-order valence-corrected chi connectivity index (χ4v) is 4.18. The lowest BCUT2D eigenvalue weighted by Gasteiger charge is -2.25. The number of benzene rings is 2. The van der Waals surface area contributed by atoms with Gasteiger partial charge in [0.05, 0.1) is 30.0 Å². The number of aromatic nitrogens is 2. The van der Waals surface area contributed by atoms with Crippen molar-refractivity contribution in [3.63, 3.8) is 0 Å². The molecule has 2 aliphatic rings. The summed E-state index contributed by atoms with van der Waals surface area (Å²) in [5.74, 6) is 1.10. The Hall–Kier alpha value is -3.72. The van der Waals surface area contributed by atoms with Gasteiger partial charge in [-0.05, 0) is 47.9 Å². The number of nitrogens with one attached hydrogen (secondary N) is 2. The Morgan fingerprint density at radius 1 is 1.27 bits per heavy atom. The average Bonchev–Trinajstić information content (AvgIpc) is 3.38. The molecule has 0 saturated carbocycles. The van der Waals surface area contributed by atoms with Crippen molar-refractivity contribution >= 4 is 23.0 Å². The van der Waals surface area contributed by atoms with E-state index in [9.17, 15) is 9.90 Å². The molecule has 3 heterocycles. The molecule has 3 aromatic rings. The molecule has 0 fully saturated rings. The van der Waals surface area contributed by atoms with Gasteiger partial charge >= 0.3 is 0 Å². The third-order valence-corrected chi connectivity index (χ3v) is 5.99. The summed E-state index contributed by atoms with van der Waals surface area (Å²) in [5.41, 5.74) is 6.16. The first-order valence-corrected chi connectivity index (χ1v) is 10.9. The molecule has 1 aromatic heterocycles. The summed E-state index contributed by atoms with van der Waals surface area (Å²) >= 11 is 0. The Morgan fingerprint density at radius 2 is 2.18 bits per heavy atom. The van der Waals surface area contributed by atoms with Gasteiger partial charge < -0.3 is 25.3 Å². The molecule has 9 nitrogen and oxygen atoms in total. The van der Waals surface area contributed by atoms with Crippen LogP contribution in [0.3, 0.4) is 0 Å². The lowest BCUT2D eigenvalue weighted by atomic mass is 9.94. The Labute approximate surface area is 190 Å². The number of amides is 1. The predicted molar refractivity (Wildman–Crippen MR) is 123 cm³/mol. The van der Waals surface area contributed by atoms with Crippen LogP contribution in [0.15, 0.2) is 41.5 Å². The number of aromatic hydroxyl groups is 1. The van der Waals surface area contributed by atoms with E-state index in [4.69, 9.17) is 14.5 Å². The van der Waals surface area contributed by atoms with Crippen molar-refractivity contribution in [2.45, 2.75) is 18.3 Å². The molecule has 2 aliphatic heterocycles. The molecule has 2 unspecified atom stereocenters. The van der Waals surface area contributed by atoms with Gasteiger partial charge in [-0.25, -0.2) is 4.98 Å². The van der Waals surface area contributed by atoms with Gasteiger partial charge in [-0.2, -0.15) is 10.1 Å². The highest BCUT2D eigenvalue weighted by Gasteiger charge is 2.26. The molecule has 170 valence electrons. The number of hydrazone groups is 1. The van der Waals surface area contributed by atoms with Crippen LogP contribution in [0.1, 0.15) is 39.1 Å². The maximum absolute atomic E-state index is 12.4. The van der Waals surface area contributed by atoms with E-state index in [1.807, 2.05) is 36.5 Å². The fraction of sp³-hybridized carbons (Fsp3) is 0.333. The first-order valence-electron chi connectivity index (χ1n) is 10.9. The van der Waals surface area contributed by atoms with Gasteiger partial charge in [-0.3, -0.25) is 4.79 Å². The molecule has 9 heteroatoms. The molecule has 33 heavy (non-hydrogen) atoms. The largest absolute Gasteiger partial charge is 0.493 e. The number of ether oxygens (including phenoxy) is 2. The molecular formula is C24H25N5O4. The molecule has 1 amide bonds. The highest BCUT2D eigenvalue weighted by atomic mass is 16.5. The van der Waals surface area contributed by atoms with Crippen molar-refractivity contribution in [3.05, 3.63) is 58.9 Å². The van der Waals surface area contributed by atoms with E-state index in [-0.39, 0.29) is 23.6 Å². The van der Waals surface area contributed by atoms with Crippen molar-refractivity contribution in [1.29, 1.82) is 0 Å². The monoisotopic (exact) mass is 447 g/mol. The molecule has 2 aromatic carbocycles. The second-order valence-corrected chi connectivity index (χ2v) is 8.21. The summed E-state index contributed by atoms with van der Waals surface area (Å²) in [4.78, 5) is 21.5. The van der Waals surface area contributed by atoms with Crippen LogP contribution in [-0.4, -0.2) is 60.6 Å². The van der Waals surface area contributed by atoms with Crippen LogP contribution in [0.2, 0.25) is 0 Å². The van der Waals surface area contributed by atoms with E-state index >= 15 is 0 Å². The van der Waals surface area contributed by atoms with Crippen molar-refractivity contribution in [2.24, 2.45) is 5.10 Å². The van der Waals surface area contributed by atoms with E-state index in [1.165, 1.54) is 0 Å². The van der Waals surface area contributed by atoms with Crippen LogP contribution in [0.5, 0.6) is 11.6 Å². The summed E-state index contributed by atoms with van der Waals surface area (Å²) in [6.45, 7) is 2.04. The normalized spacial score (nSPS) is 19.1. The second-order valence-electron chi connectivity index (χ2n) is 8.21. The van der Waals surface area contributed by atoms with Gasteiger partial charge in [0.25, 0.3) is 5.91 Å². The minimum atomic E-state index is -0.158. The quantitative estimate of drug-likeness (QED) is 0.495. The number of hydrogen-bond donors (Lipinski definition) is 3. The van der Waals surface area contributed by atoms with E-state index < -0.39 is 0 Å². The highest BCUT2D eigenvalue weighted by Crippen LogP contribution is 2.34. The van der Waals surface area contributed by atoms with Gasteiger partial charge in [0.15, 0.2) is 0 Å². The number of carbonyl (C=O) groups excluding carboxylic acids is 1. The van der Waals surface area contributed by atoms with Crippen LogP contribution in [-0.2, 0) is 11.2 Å². The number of fused-ring (bicyclic) bond motifs is 2. The third kappa shape index (κ3) is 4.31. The Morgan fingerprint density at radius 3 is 3.00 bits per heavy atom. The van der Waals surface area contributed by atoms with Crippen LogP contribution < -0.4 is 15.5 Å². The molecule has 0 radical (unpaired) electrons. The SMILES string of the molecule is COCCNC(=O)c1ccc2c(c1)CC(c1nc(O)c3cc(C4C=NNC4)ccc3n1)CO2. The Kier molecular flexibility index (Phi) is 5.78. The summed E-state index contributed by atoms with van der Waals surface area (Å²) in [6, 6.07) is 11.2. The molecule has 0 bridgehead atoms. The first-order chi connectivity index (χ1) is 16.1. The smallest absolute Gasteiger partial charge is 0.251 e. The van der Waals surface area contributed by atoms with Crippen LogP contribution >= 0.6 is 0 Å². The van der Waals surface area contributed by atoms with Crippen LogP contribution in [0.4, 0.5) is 0 Å². The summed E-state index contributed by atoms with van der Waals surface area (Å²) in [7, 11) is 1.59. The van der Waals surface area contributed by atoms with E-state index in [2.05, 4.69) is 20.8 Å². The molecular weight excluding hydrogens is 422 g/mol. The molecule has 2 atom stereocenters. The minimum Gasteiger partial charge on any atom is -0.493 e. The molecule has 0 spiro atoms. The number of hydrogen-bond acceptors (Lipinski definition) is 8. The number of nitrogens with zero attached hydrogens (tertiary/aromatic N) is 3. The van der Waals surface area contributed by atoms with Gasteiger partial charge in [0.1, 0.15) is 11.6 Å². The number of carbonyl (C=O) groups is 1. The summed E-state index contributed by atoms with van der Waals surface area (Å²) in [5, 5.41) is 18.2. The van der Waals surface area contributed by atoms with E-state index in [1.54, 1.807) is 13.2 Å². The Bertz CT molecular complexity index is 1230. The van der Waals surface area contributed by atoms with Crippen LogP contribution in [0.25, 0.3) is 10.9 Å². The van der Waals surface area contributed by atoms with Gasteiger partial charge in [-0.1, -0.05) is 6.07 Å². The first kappa shape index (κ1) is 21.1. The molecule has 3 N–H and O–H groups in total. The molecule has 5 rings (SSSR count). The second kappa shape index (κ2) is 9.03. The van der Waals surface area contributed by atoms with E-state index in [0.717, 1.165) is 23.4 Å². The highest BCUT2D eigenvalue weighted by molar-refractivity contribution is 5.94.